The lowest BCUT2D eigenvalue weighted by molar-refractivity contribution is 0.329. The van der Waals surface area contributed by atoms with Crippen molar-refractivity contribution in [3.05, 3.63) is 62.6 Å². The van der Waals surface area contributed by atoms with Gasteiger partial charge in [-0.25, -0.2) is 4.98 Å². The Morgan fingerprint density at radius 3 is 2.90 bits per heavy atom. The fourth-order valence-electron chi connectivity index (χ4n) is 2.98. The fraction of sp³-hybridized carbons (Fsp3) is 0.273. The molecule has 2 aromatic carbocycles. The number of hydrogen-bond acceptors (Lipinski definition) is 6. The first kappa shape index (κ1) is 21.5. The summed E-state index contributed by atoms with van der Waals surface area (Å²) < 4.78 is 13.0. The van der Waals surface area contributed by atoms with Gasteiger partial charge in [-0.1, -0.05) is 35.3 Å². The van der Waals surface area contributed by atoms with E-state index in [4.69, 9.17) is 14.7 Å². The van der Waals surface area contributed by atoms with Crippen molar-refractivity contribution in [3.8, 4) is 17.6 Å². The molecule has 0 unspecified atom stereocenters. The van der Waals surface area contributed by atoms with Gasteiger partial charge >= 0.3 is 0 Å². The third-order valence-electron chi connectivity index (χ3n) is 4.45. The van der Waals surface area contributed by atoms with E-state index in [1.807, 2.05) is 18.2 Å². The molecule has 0 aliphatic rings. The van der Waals surface area contributed by atoms with Crippen LogP contribution in [0, 0.1) is 11.3 Å². The number of halogens is 1. The van der Waals surface area contributed by atoms with E-state index in [1.165, 1.54) is 18.0 Å². The molecule has 3 rings (SSSR count). The van der Waals surface area contributed by atoms with E-state index in [2.05, 4.69) is 32.9 Å². The maximum absolute atomic E-state index is 13.2. The van der Waals surface area contributed by atoms with Gasteiger partial charge in [0.25, 0.3) is 5.56 Å². The molecule has 154 valence electrons. The summed E-state index contributed by atoms with van der Waals surface area (Å²) in [5.74, 6) is 1.47. The Hall–Kier alpha value is -3.18. The van der Waals surface area contributed by atoms with Crippen LogP contribution >= 0.6 is 15.9 Å². The first-order chi connectivity index (χ1) is 14.6. The van der Waals surface area contributed by atoms with Crippen molar-refractivity contribution in [1.29, 1.82) is 5.26 Å². The summed E-state index contributed by atoms with van der Waals surface area (Å²) in [5, 5.41) is 13.8. The zero-order valence-electron chi connectivity index (χ0n) is 16.8. The average molecular weight is 469 g/mol. The number of rotatable bonds is 8. The van der Waals surface area contributed by atoms with E-state index >= 15 is 0 Å². The number of benzene rings is 2. The third-order valence-corrected chi connectivity index (χ3v) is 4.95. The Kier molecular flexibility index (Phi) is 7.20. The molecule has 7 nitrogen and oxygen atoms in total. The largest absolute Gasteiger partial charge is 0.493 e. The van der Waals surface area contributed by atoms with Gasteiger partial charge in [-0.3, -0.25) is 4.79 Å². The normalized spacial score (nSPS) is 11.0. The second kappa shape index (κ2) is 10.0. The van der Waals surface area contributed by atoms with Crippen molar-refractivity contribution < 1.29 is 9.47 Å². The fourth-order valence-corrected chi connectivity index (χ4v) is 3.35. The van der Waals surface area contributed by atoms with Crippen LogP contribution in [0.5, 0.6) is 11.5 Å². The van der Waals surface area contributed by atoms with Crippen LogP contribution in [0.15, 0.2) is 50.8 Å². The highest BCUT2D eigenvalue weighted by molar-refractivity contribution is 9.10. The number of unbranched alkanes of at least 4 members (excludes halogenated alkanes) is 1. The van der Waals surface area contributed by atoms with E-state index in [0.717, 1.165) is 17.3 Å². The summed E-state index contributed by atoms with van der Waals surface area (Å²) >= 11 is 3.41. The third kappa shape index (κ3) is 4.69. The van der Waals surface area contributed by atoms with Gasteiger partial charge in [-0.05, 0) is 36.8 Å². The van der Waals surface area contributed by atoms with Gasteiger partial charge in [0.2, 0.25) is 0 Å². The van der Waals surface area contributed by atoms with Crippen molar-refractivity contribution in [2.45, 2.75) is 26.2 Å². The Bertz CT molecular complexity index is 1180. The standard InChI is InChI=1S/C22H21BrN4O3/c1-3-4-8-20-26-18-10-9-16(23)13-17(18)22(28)27(20)25-14-15-6-5-7-19(29-2)21(15)30-12-11-24/h5-7,9-10,13-14H,3-4,8,12H2,1-2H3. The molecule has 1 heterocycles. The highest BCUT2D eigenvalue weighted by Crippen LogP contribution is 2.30. The van der Waals surface area contributed by atoms with E-state index in [9.17, 15) is 4.79 Å². The van der Waals surface area contributed by atoms with E-state index in [0.29, 0.717) is 40.2 Å². The molecule has 0 fully saturated rings. The van der Waals surface area contributed by atoms with Crippen molar-refractivity contribution in [2.24, 2.45) is 5.10 Å². The molecule has 8 heteroatoms. The van der Waals surface area contributed by atoms with Gasteiger partial charge in [-0.15, -0.1) is 0 Å². The summed E-state index contributed by atoms with van der Waals surface area (Å²) in [4.78, 5) is 17.8. The number of ether oxygens (including phenoxy) is 2. The maximum atomic E-state index is 13.2. The Morgan fingerprint density at radius 2 is 2.17 bits per heavy atom. The second-order valence-corrected chi connectivity index (χ2v) is 7.40. The van der Waals surface area contributed by atoms with Crippen LogP contribution in [-0.2, 0) is 6.42 Å². The number of nitrogens with zero attached hydrogens (tertiary/aromatic N) is 4. The number of fused-ring (bicyclic) bond motifs is 1. The van der Waals surface area contributed by atoms with Crippen LogP contribution in [0.3, 0.4) is 0 Å². The van der Waals surface area contributed by atoms with E-state index < -0.39 is 0 Å². The minimum atomic E-state index is -0.244. The predicted octanol–water partition coefficient (Wildman–Crippen LogP) is 4.29. The van der Waals surface area contributed by atoms with Crippen molar-refractivity contribution in [2.75, 3.05) is 13.7 Å². The first-order valence-corrected chi connectivity index (χ1v) is 10.3. The Balaban J connectivity index is 2.13. The Labute approximate surface area is 182 Å². The molecule has 30 heavy (non-hydrogen) atoms. The minimum Gasteiger partial charge on any atom is -0.493 e. The van der Waals surface area contributed by atoms with Gasteiger partial charge < -0.3 is 9.47 Å². The monoisotopic (exact) mass is 468 g/mol. The van der Waals surface area contributed by atoms with Gasteiger partial charge in [0.1, 0.15) is 11.9 Å². The molecular formula is C22H21BrN4O3. The Morgan fingerprint density at radius 1 is 1.33 bits per heavy atom. The van der Waals surface area contributed by atoms with Crippen LogP contribution in [-0.4, -0.2) is 29.6 Å². The number of para-hydroxylation sites is 1. The number of aryl methyl sites for hydroxylation is 1. The first-order valence-electron chi connectivity index (χ1n) is 9.51. The molecular weight excluding hydrogens is 448 g/mol. The molecule has 0 amide bonds. The quantitative estimate of drug-likeness (QED) is 0.459. The average Bonchev–Trinajstić information content (AvgIpc) is 2.76. The summed E-state index contributed by atoms with van der Waals surface area (Å²) in [6.07, 6.45) is 4.02. The molecule has 3 aromatic rings. The SMILES string of the molecule is CCCCc1nc2ccc(Br)cc2c(=O)n1N=Cc1cccc(OC)c1OCC#N. The van der Waals surface area contributed by atoms with Gasteiger partial charge in [-0.2, -0.15) is 15.0 Å². The zero-order chi connectivity index (χ0) is 21.5. The molecule has 0 bridgehead atoms. The lowest BCUT2D eigenvalue weighted by Crippen LogP contribution is -2.22. The second-order valence-electron chi connectivity index (χ2n) is 6.48. The number of hydrogen-bond donors (Lipinski definition) is 0. The van der Waals surface area contributed by atoms with E-state index in [1.54, 1.807) is 24.3 Å². The molecule has 0 aliphatic carbocycles. The smallest absolute Gasteiger partial charge is 0.282 e. The number of nitriles is 1. The van der Waals surface area contributed by atoms with Gasteiger partial charge in [0.15, 0.2) is 18.1 Å². The van der Waals surface area contributed by atoms with Crippen molar-refractivity contribution in [1.82, 2.24) is 9.66 Å². The van der Waals surface area contributed by atoms with Crippen LogP contribution in [0.2, 0.25) is 0 Å². The van der Waals surface area contributed by atoms with Crippen LogP contribution in [0.4, 0.5) is 0 Å². The molecule has 0 saturated heterocycles. The van der Waals surface area contributed by atoms with E-state index in [-0.39, 0.29) is 12.2 Å². The highest BCUT2D eigenvalue weighted by Gasteiger charge is 2.13. The lowest BCUT2D eigenvalue weighted by atomic mass is 10.2. The predicted molar refractivity (Wildman–Crippen MR) is 119 cm³/mol. The van der Waals surface area contributed by atoms with Crippen LogP contribution in [0.1, 0.15) is 31.2 Å². The van der Waals surface area contributed by atoms with Gasteiger partial charge in [0.05, 0.1) is 24.2 Å². The highest BCUT2D eigenvalue weighted by atomic mass is 79.9. The molecule has 0 radical (unpaired) electrons. The molecule has 1 aromatic heterocycles. The molecule has 0 atom stereocenters. The van der Waals surface area contributed by atoms with Crippen molar-refractivity contribution in [3.63, 3.8) is 0 Å². The topological polar surface area (TPSA) is 89.5 Å². The molecule has 0 aliphatic heterocycles. The number of aromatic nitrogens is 2. The minimum absolute atomic E-state index is 0.130. The molecule has 0 saturated carbocycles. The molecule has 0 spiro atoms. The van der Waals surface area contributed by atoms with Crippen LogP contribution < -0.4 is 15.0 Å². The van der Waals surface area contributed by atoms with Crippen LogP contribution in [0.25, 0.3) is 10.9 Å². The maximum Gasteiger partial charge on any atom is 0.282 e. The van der Waals surface area contributed by atoms with Gasteiger partial charge in [0, 0.05) is 16.5 Å². The number of methoxy groups -OCH3 is 1. The summed E-state index contributed by atoms with van der Waals surface area (Å²) in [6, 6.07) is 12.7. The zero-order valence-corrected chi connectivity index (χ0v) is 18.3. The molecule has 0 N–H and O–H groups in total. The summed E-state index contributed by atoms with van der Waals surface area (Å²) in [5.41, 5.74) is 0.985. The summed E-state index contributed by atoms with van der Waals surface area (Å²) in [7, 11) is 1.52. The van der Waals surface area contributed by atoms with Crippen molar-refractivity contribution >= 4 is 33.0 Å². The lowest BCUT2D eigenvalue weighted by Gasteiger charge is -2.12. The summed E-state index contributed by atoms with van der Waals surface area (Å²) in [6.45, 7) is 1.95.